The van der Waals surface area contributed by atoms with Crippen molar-refractivity contribution in [2.24, 2.45) is 0 Å². The van der Waals surface area contributed by atoms with Crippen molar-refractivity contribution in [1.82, 2.24) is 10.3 Å². The Bertz CT molecular complexity index is 574. The Morgan fingerprint density at radius 1 is 1.47 bits per heavy atom. The predicted molar refractivity (Wildman–Crippen MR) is 72.2 cm³/mol. The number of nitrogens with one attached hydrogen (secondary N) is 1. The third-order valence-electron chi connectivity index (χ3n) is 2.65. The van der Waals surface area contributed by atoms with Crippen LogP contribution in [0.15, 0.2) is 15.9 Å². The van der Waals surface area contributed by atoms with Gasteiger partial charge in [-0.3, -0.25) is 0 Å². The maximum atomic E-state index is 11.4. The van der Waals surface area contributed by atoms with Crippen molar-refractivity contribution in [3.8, 4) is 0 Å². The average molecular weight is 280 g/mol. The number of rotatable bonds is 5. The van der Waals surface area contributed by atoms with Crippen molar-refractivity contribution in [3.05, 3.63) is 39.2 Å². The molecule has 0 aliphatic rings. The zero-order chi connectivity index (χ0) is 13.8. The van der Waals surface area contributed by atoms with Gasteiger partial charge in [-0.25, -0.2) is 9.78 Å². The molecule has 2 rings (SSSR count). The van der Waals surface area contributed by atoms with Crippen LogP contribution < -0.4 is 5.32 Å². The van der Waals surface area contributed by atoms with Crippen LogP contribution in [0.25, 0.3) is 0 Å². The number of thiazole rings is 1. The molecule has 2 aromatic heterocycles. The van der Waals surface area contributed by atoms with Gasteiger partial charge in [-0.05, 0) is 19.9 Å². The van der Waals surface area contributed by atoms with Crippen LogP contribution in [0.1, 0.15) is 32.6 Å². The molecule has 0 aromatic carbocycles. The van der Waals surface area contributed by atoms with E-state index >= 15 is 0 Å². The van der Waals surface area contributed by atoms with Crippen LogP contribution in [-0.2, 0) is 17.8 Å². The van der Waals surface area contributed by atoms with Crippen molar-refractivity contribution >= 4 is 17.3 Å². The largest absolute Gasteiger partial charge is 0.465 e. The first-order valence-electron chi connectivity index (χ1n) is 5.89. The highest BCUT2D eigenvalue weighted by molar-refractivity contribution is 7.09. The summed E-state index contributed by atoms with van der Waals surface area (Å²) in [7, 11) is 1.36. The summed E-state index contributed by atoms with van der Waals surface area (Å²) in [4.78, 5) is 15.8. The first kappa shape index (κ1) is 13.8. The van der Waals surface area contributed by atoms with E-state index in [9.17, 15) is 4.79 Å². The topological polar surface area (TPSA) is 64.4 Å². The monoisotopic (exact) mass is 280 g/mol. The molecule has 0 fully saturated rings. The molecule has 0 amide bonds. The van der Waals surface area contributed by atoms with Crippen LogP contribution in [0.5, 0.6) is 0 Å². The molecule has 2 aromatic rings. The number of carbonyl (C=O) groups excluding carboxylic acids is 1. The highest BCUT2D eigenvalue weighted by Crippen LogP contribution is 2.15. The van der Waals surface area contributed by atoms with E-state index in [4.69, 9.17) is 4.42 Å². The van der Waals surface area contributed by atoms with E-state index in [0.717, 1.165) is 10.7 Å². The molecule has 6 heteroatoms. The molecule has 0 radical (unpaired) electrons. The van der Waals surface area contributed by atoms with Gasteiger partial charge in [0.15, 0.2) is 0 Å². The van der Waals surface area contributed by atoms with Crippen LogP contribution in [0, 0.1) is 13.8 Å². The summed E-state index contributed by atoms with van der Waals surface area (Å²) in [6, 6.07) is 1.71. The summed E-state index contributed by atoms with van der Waals surface area (Å²) in [5, 5.41) is 6.30. The summed E-state index contributed by atoms with van der Waals surface area (Å²) < 4.78 is 10.2. The molecule has 0 aliphatic heterocycles. The number of aromatic nitrogens is 1. The molecule has 0 bridgehead atoms. The van der Waals surface area contributed by atoms with Crippen molar-refractivity contribution in [2.75, 3.05) is 7.11 Å². The molecule has 2 heterocycles. The minimum atomic E-state index is -0.373. The van der Waals surface area contributed by atoms with Gasteiger partial charge in [0.25, 0.3) is 0 Å². The summed E-state index contributed by atoms with van der Waals surface area (Å²) in [5.74, 6) is 0.917. The second kappa shape index (κ2) is 5.99. The standard InChI is InChI=1S/C13H16N2O3S/c1-8-12(13(16)17-3)4-11(18-8)6-14-5-10-7-19-9(2)15-10/h4,7,14H,5-6H2,1-3H3. The lowest BCUT2D eigenvalue weighted by Gasteiger charge is -1.99. The zero-order valence-corrected chi connectivity index (χ0v) is 12.0. The van der Waals surface area contributed by atoms with Gasteiger partial charge in [-0.15, -0.1) is 11.3 Å². The Hall–Kier alpha value is -1.66. The molecular weight excluding hydrogens is 264 g/mol. The first-order valence-corrected chi connectivity index (χ1v) is 6.77. The highest BCUT2D eigenvalue weighted by Gasteiger charge is 2.14. The molecule has 0 aliphatic carbocycles. The van der Waals surface area contributed by atoms with Crippen molar-refractivity contribution in [3.63, 3.8) is 0 Å². The third-order valence-corrected chi connectivity index (χ3v) is 3.47. The Kier molecular flexibility index (Phi) is 4.34. The number of methoxy groups -OCH3 is 1. The number of esters is 1. The number of hydrogen-bond acceptors (Lipinski definition) is 6. The summed E-state index contributed by atoms with van der Waals surface area (Å²) in [6.45, 7) is 4.96. The fourth-order valence-corrected chi connectivity index (χ4v) is 2.36. The number of aryl methyl sites for hydroxylation is 2. The van der Waals surface area contributed by atoms with E-state index in [1.165, 1.54) is 7.11 Å². The normalized spacial score (nSPS) is 10.7. The lowest BCUT2D eigenvalue weighted by Crippen LogP contribution is -2.12. The Balaban J connectivity index is 1.91. The van der Waals surface area contributed by atoms with Crippen molar-refractivity contribution in [1.29, 1.82) is 0 Å². The molecule has 0 atom stereocenters. The number of nitrogens with zero attached hydrogens (tertiary/aromatic N) is 1. The van der Waals surface area contributed by atoms with E-state index in [-0.39, 0.29) is 5.97 Å². The van der Waals surface area contributed by atoms with Crippen LogP contribution in [-0.4, -0.2) is 18.1 Å². The van der Waals surface area contributed by atoms with E-state index in [1.54, 1.807) is 24.3 Å². The average Bonchev–Trinajstić information content (AvgIpc) is 2.95. The van der Waals surface area contributed by atoms with Gasteiger partial charge in [0.2, 0.25) is 0 Å². The maximum Gasteiger partial charge on any atom is 0.341 e. The lowest BCUT2D eigenvalue weighted by molar-refractivity contribution is 0.0599. The van der Waals surface area contributed by atoms with Gasteiger partial charge in [0.1, 0.15) is 17.1 Å². The Labute approximate surface area is 115 Å². The Morgan fingerprint density at radius 3 is 2.89 bits per heavy atom. The zero-order valence-electron chi connectivity index (χ0n) is 11.1. The van der Waals surface area contributed by atoms with E-state index < -0.39 is 0 Å². The van der Waals surface area contributed by atoms with Gasteiger partial charge in [0, 0.05) is 11.9 Å². The summed E-state index contributed by atoms with van der Waals surface area (Å²) in [5.41, 5.74) is 1.49. The van der Waals surface area contributed by atoms with E-state index in [2.05, 4.69) is 15.0 Å². The predicted octanol–water partition coefficient (Wildman–Crippen LogP) is 2.43. The number of ether oxygens (including phenoxy) is 1. The van der Waals surface area contributed by atoms with Crippen LogP contribution in [0.4, 0.5) is 0 Å². The SMILES string of the molecule is COC(=O)c1cc(CNCc2csc(C)n2)oc1C. The molecule has 0 unspecified atom stereocenters. The molecule has 19 heavy (non-hydrogen) atoms. The van der Waals surface area contributed by atoms with Gasteiger partial charge in [0.05, 0.1) is 24.4 Å². The van der Waals surface area contributed by atoms with Crippen LogP contribution >= 0.6 is 11.3 Å². The van der Waals surface area contributed by atoms with Crippen LogP contribution in [0.2, 0.25) is 0 Å². The molecule has 102 valence electrons. The molecule has 0 saturated carbocycles. The third kappa shape index (κ3) is 3.42. The van der Waals surface area contributed by atoms with E-state index in [0.29, 0.717) is 30.2 Å². The molecular formula is C13H16N2O3S. The van der Waals surface area contributed by atoms with Gasteiger partial charge in [-0.1, -0.05) is 0 Å². The fraction of sp³-hybridized carbons (Fsp3) is 0.385. The van der Waals surface area contributed by atoms with Crippen LogP contribution in [0.3, 0.4) is 0 Å². The number of furan rings is 1. The lowest BCUT2D eigenvalue weighted by atomic mass is 10.2. The minimum Gasteiger partial charge on any atom is -0.465 e. The second-order valence-corrected chi connectivity index (χ2v) is 5.20. The smallest absolute Gasteiger partial charge is 0.341 e. The molecule has 1 N–H and O–H groups in total. The number of hydrogen-bond donors (Lipinski definition) is 1. The summed E-state index contributed by atoms with van der Waals surface area (Å²) >= 11 is 1.63. The first-order chi connectivity index (χ1) is 9.10. The van der Waals surface area contributed by atoms with Gasteiger partial charge in [-0.2, -0.15) is 0 Å². The number of carbonyl (C=O) groups is 1. The van der Waals surface area contributed by atoms with E-state index in [1.807, 2.05) is 12.3 Å². The van der Waals surface area contributed by atoms with Crippen molar-refractivity contribution in [2.45, 2.75) is 26.9 Å². The Morgan fingerprint density at radius 2 is 2.26 bits per heavy atom. The highest BCUT2D eigenvalue weighted by atomic mass is 32.1. The van der Waals surface area contributed by atoms with Gasteiger partial charge < -0.3 is 14.5 Å². The maximum absolute atomic E-state index is 11.4. The molecule has 0 spiro atoms. The van der Waals surface area contributed by atoms with Crippen molar-refractivity contribution < 1.29 is 13.9 Å². The summed E-state index contributed by atoms with van der Waals surface area (Å²) in [6.07, 6.45) is 0. The van der Waals surface area contributed by atoms with Gasteiger partial charge >= 0.3 is 5.97 Å². The minimum absolute atomic E-state index is 0.373. The fourth-order valence-electron chi connectivity index (χ4n) is 1.75. The molecule has 0 saturated heterocycles. The quantitative estimate of drug-likeness (QED) is 0.852. The molecule has 5 nitrogen and oxygen atoms in total. The second-order valence-electron chi connectivity index (χ2n) is 4.14.